The second kappa shape index (κ2) is 5.61. The van der Waals surface area contributed by atoms with E-state index in [9.17, 15) is 15.3 Å². The first-order valence-electron chi connectivity index (χ1n) is 10.9. The van der Waals surface area contributed by atoms with Crippen LogP contribution in [-0.2, 0) is 5.60 Å². The normalized spacial score (nSPS) is 54.9. The molecule has 0 aromatic carbocycles. The Morgan fingerprint density at radius 1 is 0.963 bits per heavy atom. The lowest BCUT2D eigenvalue weighted by Gasteiger charge is -2.64. The van der Waals surface area contributed by atoms with Crippen molar-refractivity contribution in [3.63, 3.8) is 0 Å². The third kappa shape index (κ3) is 2.10. The van der Waals surface area contributed by atoms with Crippen LogP contribution in [0.1, 0.15) is 77.2 Å². The monoisotopic (exact) mass is 374 g/mol. The molecule has 0 radical (unpaired) electrons. The molecule has 8 atom stereocenters. The molecular weight excluding hydrogens is 340 g/mol. The summed E-state index contributed by atoms with van der Waals surface area (Å²) < 4.78 is 5.29. The molecule has 27 heavy (non-hydrogen) atoms. The van der Waals surface area contributed by atoms with E-state index in [0.717, 1.165) is 50.5 Å². The molecule has 5 rings (SSSR count). The molecule has 0 aliphatic heterocycles. The number of fused-ring (bicyclic) bond motifs is 5. The van der Waals surface area contributed by atoms with E-state index in [1.54, 1.807) is 12.5 Å². The zero-order chi connectivity index (χ0) is 19.1. The van der Waals surface area contributed by atoms with Crippen LogP contribution in [0, 0.1) is 28.6 Å². The van der Waals surface area contributed by atoms with Gasteiger partial charge in [-0.15, -0.1) is 0 Å². The summed E-state index contributed by atoms with van der Waals surface area (Å²) in [7, 11) is 0. The molecule has 150 valence electrons. The fourth-order valence-corrected chi connectivity index (χ4v) is 8.18. The van der Waals surface area contributed by atoms with Crippen molar-refractivity contribution < 1.29 is 19.7 Å². The Morgan fingerprint density at radius 3 is 2.52 bits per heavy atom. The second-order valence-electron chi connectivity index (χ2n) is 10.6. The smallest absolute Gasteiger partial charge is 0.101 e. The van der Waals surface area contributed by atoms with Crippen molar-refractivity contribution in [2.24, 2.45) is 28.6 Å². The lowest BCUT2D eigenvalue weighted by atomic mass is 9.43. The van der Waals surface area contributed by atoms with Gasteiger partial charge in [0, 0.05) is 11.0 Å². The average Bonchev–Trinajstić information content (AvgIpc) is 3.24. The molecule has 0 bridgehead atoms. The van der Waals surface area contributed by atoms with Crippen molar-refractivity contribution in [3.05, 3.63) is 24.2 Å². The third-order valence-electron chi connectivity index (χ3n) is 9.97. The highest BCUT2D eigenvalue weighted by Crippen LogP contribution is 2.71. The standard InChI is InChI=1S/C23H34O4/c1-20-8-5-17(24)13-15(20)3-4-19-18(20)6-9-21(2)22(25,10-11-23(19,21)26)16-7-12-27-14-16/h7,12,14-15,17-19,24-26H,3-6,8-11,13H2,1-2H3/t15-,17-,18+,19-,20+,21-,22+,23+/m1/s1. The van der Waals surface area contributed by atoms with E-state index >= 15 is 0 Å². The Bertz CT molecular complexity index is 716. The minimum atomic E-state index is -1.01. The first-order chi connectivity index (χ1) is 12.7. The van der Waals surface area contributed by atoms with Crippen molar-refractivity contribution in [1.82, 2.24) is 0 Å². The van der Waals surface area contributed by atoms with Crippen LogP contribution < -0.4 is 0 Å². The summed E-state index contributed by atoms with van der Waals surface area (Å²) in [5.41, 5.74) is -1.34. The zero-order valence-electron chi connectivity index (χ0n) is 16.7. The van der Waals surface area contributed by atoms with E-state index in [1.165, 1.54) is 0 Å². The molecule has 4 aliphatic rings. The lowest BCUT2D eigenvalue weighted by molar-refractivity contribution is -0.238. The van der Waals surface area contributed by atoms with E-state index in [-0.39, 0.29) is 17.4 Å². The Kier molecular flexibility index (Phi) is 3.78. The minimum Gasteiger partial charge on any atom is -0.472 e. The molecule has 0 amide bonds. The Morgan fingerprint density at radius 2 is 1.78 bits per heavy atom. The van der Waals surface area contributed by atoms with E-state index in [0.29, 0.717) is 24.7 Å². The van der Waals surface area contributed by atoms with Crippen LogP contribution >= 0.6 is 0 Å². The van der Waals surface area contributed by atoms with E-state index < -0.39 is 16.6 Å². The van der Waals surface area contributed by atoms with Crippen LogP contribution in [0.15, 0.2) is 23.0 Å². The minimum absolute atomic E-state index is 0.144. The topological polar surface area (TPSA) is 73.8 Å². The van der Waals surface area contributed by atoms with Gasteiger partial charge in [0.2, 0.25) is 0 Å². The van der Waals surface area contributed by atoms with Gasteiger partial charge in [-0.05, 0) is 87.0 Å². The molecule has 4 heteroatoms. The second-order valence-corrected chi connectivity index (χ2v) is 10.6. The quantitative estimate of drug-likeness (QED) is 0.695. The van der Waals surface area contributed by atoms with E-state index in [4.69, 9.17) is 4.42 Å². The lowest BCUT2D eigenvalue weighted by Crippen LogP contribution is -2.64. The molecule has 1 aromatic rings. The predicted octanol–water partition coefficient (Wildman–Crippen LogP) is 3.99. The molecule has 4 fully saturated rings. The van der Waals surface area contributed by atoms with Crippen LogP contribution in [0.3, 0.4) is 0 Å². The summed E-state index contributed by atoms with van der Waals surface area (Å²) in [6.07, 6.45) is 11.3. The van der Waals surface area contributed by atoms with Crippen LogP contribution in [0.2, 0.25) is 0 Å². The van der Waals surface area contributed by atoms with Crippen molar-refractivity contribution >= 4 is 0 Å². The number of rotatable bonds is 1. The SMILES string of the molecule is C[C@]12CC[C@@H](O)C[C@H]1CC[C@@H]1[C@@H]2CC[C@]2(C)[C@@](O)(c3ccoc3)CC[C@]12O. The Balaban J connectivity index is 1.52. The zero-order valence-corrected chi connectivity index (χ0v) is 16.7. The number of furan rings is 1. The maximum atomic E-state index is 12.1. The third-order valence-corrected chi connectivity index (χ3v) is 9.97. The molecule has 4 aliphatic carbocycles. The number of hydrogen-bond acceptors (Lipinski definition) is 4. The fraction of sp³-hybridized carbons (Fsp3) is 0.826. The van der Waals surface area contributed by atoms with Gasteiger partial charge in [0.1, 0.15) is 5.60 Å². The van der Waals surface area contributed by atoms with Crippen molar-refractivity contribution in [2.45, 2.75) is 88.9 Å². The molecule has 1 aromatic heterocycles. The largest absolute Gasteiger partial charge is 0.472 e. The summed E-state index contributed by atoms with van der Waals surface area (Å²) in [6.45, 7) is 4.53. The molecule has 0 unspecified atom stereocenters. The van der Waals surface area contributed by atoms with Gasteiger partial charge in [-0.3, -0.25) is 0 Å². The molecule has 1 heterocycles. The molecule has 0 spiro atoms. The maximum Gasteiger partial charge on any atom is 0.101 e. The Labute approximate surface area is 162 Å². The van der Waals surface area contributed by atoms with Crippen LogP contribution in [0.4, 0.5) is 0 Å². The first-order valence-corrected chi connectivity index (χ1v) is 10.9. The first kappa shape index (κ1) is 18.2. The summed E-state index contributed by atoms with van der Waals surface area (Å²) in [5.74, 6) is 1.31. The van der Waals surface area contributed by atoms with Gasteiger partial charge >= 0.3 is 0 Å². The summed E-state index contributed by atoms with van der Waals surface area (Å²) in [6, 6.07) is 1.86. The van der Waals surface area contributed by atoms with Crippen molar-refractivity contribution in [1.29, 1.82) is 0 Å². The summed E-state index contributed by atoms with van der Waals surface area (Å²) in [4.78, 5) is 0. The highest BCUT2D eigenvalue weighted by molar-refractivity contribution is 5.30. The molecule has 0 saturated heterocycles. The predicted molar refractivity (Wildman–Crippen MR) is 102 cm³/mol. The van der Waals surface area contributed by atoms with Crippen LogP contribution in [0.5, 0.6) is 0 Å². The van der Waals surface area contributed by atoms with Crippen molar-refractivity contribution in [2.75, 3.05) is 0 Å². The average molecular weight is 375 g/mol. The van der Waals surface area contributed by atoms with Gasteiger partial charge in [0.15, 0.2) is 0 Å². The van der Waals surface area contributed by atoms with Crippen LogP contribution in [0.25, 0.3) is 0 Å². The number of aliphatic hydroxyl groups excluding tert-OH is 1. The van der Waals surface area contributed by atoms with Crippen molar-refractivity contribution in [3.8, 4) is 0 Å². The van der Waals surface area contributed by atoms with Gasteiger partial charge in [-0.25, -0.2) is 0 Å². The molecule has 4 nitrogen and oxygen atoms in total. The molecule has 4 saturated carbocycles. The van der Waals surface area contributed by atoms with E-state index in [1.807, 2.05) is 6.07 Å². The van der Waals surface area contributed by atoms with Gasteiger partial charge in [-0.1, -0.05) is 13.8 Å². The molecule has 3 N–H and O–H groups in total. The molecular formula is C23H34O4. The fourth-order valence-electron chi connectivity index (χ4n) is 8.18. The highest BCUT2D eigenvalue weighted by atomic mass is 16.3. The highest BCUT2D eigenvalue weighted by Gasteiger charge is 2.72. The Hall–Kier alpha value is -0.840. The van der Waals surface area contributed by atoms with Gasteiger partial charge in [0.05, 0.1) is 24.2 Å². The van der Waals surface area contributed by atoms with Gasteiger partial charge in [-0.2, -0.15) is 0 Å². The number of hydrogen-bond donors (Lipinski definition) is 3. The summed E-state index contributed by atoms with van der Waals surface area (Å²) >= 11 is 0. The summed E-state index contributed by atoms with van der Waals surface area (Å²) in [5, 5.41) is 34.0. The number of aliphatic hydroxyl groups is 3. The maximum absolute atomic E-state index is 12.1. The van der Waals surface area contributed by atoms with Crippen LogP contribution in [-0.4, -0.2) is 27.0 Å². The van der Waals surface area contributed by atoms with Gasteiger partial charge < -0.3 is 19.7 Å². The van der Waals surface area contributed by atoms with E-state index in [2.05, 4.69) is 13.8 Å². The van der Waals surface area contributed by atoms with Gasteiger partial charge in [0.25, 0.3) is 0 Å².